The minimum absolute atomic E-state index is 0.534. The zero-order valence-corrected chi connectivity index (χ0v) is 6.29. The first-order valence-electron chi connectivity index (χ1n) is 3.90. The molecule has 0 spiro atoms. The maximum atomic E-state index is 5.24. The summed E-state index contributed by atoms with van der Waals surface area (Å²) in [4.78, 5) is 4.12. The second-order valence-corrected chi connectivity index (χ2v) is 2.76. The van der Waals surface area contributed by atoms with Gasteiger partial charge in [0, 0.05) is 19.1 Å². The molecule has 2 heterocycles. The molecular formula is C7H11N3O. The van der Waals surface area contributed by atoms with Crippen LogP contribution in [0.4, 0.5) is 0 Å². The van der Waals surface area contributed by atoms with E-state index < -0.39 is 0 Å². The van der Waals surface area contributed by atoms with Crippen LogP contribution in [0.3, 0.4) is 0 Å². The number of hydrogen-bond donors (Lipinski definition) is 1. The lowest BCUT2D eigenvalue weighted by Crippen LogP contribution is -2.15. The highest BCUT2D eigenvalue weighted by Crippen LogP contribution is 2.22. The third kappa shape index (κ3) is 1.40. The van der Waals surface area contributed by atoms with Crippen LogP contribution in [0.1, 0.15) is 24.6 Å². The summed E-state index contributed by atoms with van der Waals surface area (Å²) >= 11 is 0. The van der Waals surface area contributed by atoms with E-state index in [4.69, 9.17) is 4.74 Å². The van der Waals surface area contributed by atoms with Crippen LogP contribution in [-0.4, -0.2) is 28.4 Å². The average Bonchev–Trinajstić information content (AvgIpc) is 2.58. The smallest absolute Gasteiger partial charge is 0.137 e. The van der Waals surface area contributed by atoms with Gasteiger partial charge in [-0.1, -0.05) is 0 Å². The molecule has 2 rings (SSSR count). The molecule has 0 saturated carbocycles. The Hall–Kier alpha value is -0.900. The van der Waals surface area contributed by atoms with Gasteiger partial charge in [-0.2, -0.15) is 5.10 Å². The lowest BCUT2D eigenvalue weighted by molar-refractivity contribution is 0.0836. The molecule has 4 nitrogen and oxygen atoms in total. The van der Waals surface area contributed by atoms with E-state index in [2.05, 4.69) is 15.2 Å². The molecule has 1 fully saturated rings. The first kappa shape index (κ1) is 6.79. The first-order valence-corrected chi connectivity index (χ1v) is 3.90. The van der Waals surface area contributed by atoms with Crippen molar-refractivity contribution in [2.75, 3.05) is 13.2 Å². The molecule has 1 aliphatic heterocycles. The Kier molecular flexibility index (Phi) is 1.85. The molecule has 1 N–H and O–H groups in total. The Labute approximate surface area is 65.0 Å². The van der Waals surface area contributed by atoms with Gasteiger partial charge in [-0.15, -0.1) is 0 Å². The van der Waals surface area contributed by atoms with Crippen molar-refractivity contribution in [2.24, 2.45) is 0 Å². The molecule has 0 aromatic carbocycles. The molecule has 1 aromatic heterocycles. The quantitative estimate of drug-likeness (QED) is 0.646. The summed E-state index contributed by atoms with van der Waals surface area (Å²) in [5.74, 6) is 1.54. The molecular weight excluding hydrogens is 142 g/mol. The van der Waals surface area contributed by atoms with Crippen LogP contribution in [0, 0.1) is 0 Å². The standard InChI is InChI=1S/C7H11N3O/c1-3-11-4-2-6(1)7-8-5-9-10-7/h5-6H,1-4H2,(H,8,9,10). The van der Waals surface area contributed by atoms with Crippen LogP contribution in [0.2, 0.25) is 0 Å². The summed E-state index contributed by atoms with van der Waals surface area (Å²) < 4.78 is 5.24. The second kappa shape index (κ2) is 3.00. The highest BCUT2D eigenvalue weighted by molar-refractivity contribution is 4.93. The van der Waals surface area contributed by atoms with E-state index in [-0.39, 0.29) is 0 Å². The van der Waals surface area contributed by atoms with Gasteiger partial charge < -0.3 is 4.74 Å². The number of aromatic nitrogens is 3. The van der Waals surface area contributed by atoms with E-state index >= 15 is 0 Å². The largest absolute Gasteiger partial charge is 0.381 e. The Balaban J connectivity index is 2.04. The third-order valence-electron chi connectivity index (χ3n) is 2.04. The molecule has 0 bridgehead atoms. The Morgan fingerprint density at radius 3 is 2.91 bits per heavy atom. The number of nitrogens with one attached hydrogen (secondary N) is 1. The molecule has 1 aromatic rings. The van der Waals surface area contributed by atoms with Gasteiger partial charge in [0.25, 0.3) is 0 Å². The lowest BCUT2D eigenvalue weighted by atomic mass is 10.00. The normalized spacial score (nSPS) is 20.4. The number of nitrogens with zero attached hydrogens (tertiary/aromatic N) is 2. The SMILES string of the molecule is c1n[nH]c(C2CCOCC2)n1. The Morgan fingerprint density at radius 2 is 2.27 bits per heavy atom. The van der Waals surface area contributed by atoms with Crippen molar-refractivity contribution in [3.05, 3.63) is 12.2 Å². The maximum Gasteiger partial charge on any atom is 0.137 e. The topological polar surface area (TPSA) is 50.8 Å². The van der Waals surface area contributed by atoms with Crippen LogP contribution in [0.15, 0.2) is 6.33 Å². The highest BCUT2D eigenvalue weighted by atomic mass is 16.5. The fraction of sp³-hybridized carbons (Fsp3) is 0.714. The van der Waals surface area contributed by atoms with Crippen LogP contribution in [0.25, 0.3) is 0 Å². The van der Waals surface area contributed by atoms with Gasteiger partial charge >= 0.3 is 0 Å². The van der Waals surface area contributed by atoms with E-state index in [1.165, 1.54) is 0 Å². The molecule has 0 unspecified atom stereocenters. The number of H-pyrrole nitrogens is 1. The van der Waals surface area contributed by atoms with Crippen molar-refractivity contribution in [3.8, 4) is 0 Å². The number of aromatic amines is 1. The van der Waals surface area contributed by atoms with Crippen molar-refractivity contribution in [1.29, 1.82) is 0 Å². The Morgan fingerprint density at radius 1 is 1.45 bits per heavy atom. The van der Waals surface area contributed by atoms with Crippen LogP contribution >= 0.6 is 0 Å². The van der Waals surface area contributed by atoms with E-state index in [9.17, 15) is 0 Å². The molecule has 1 aliphatic rings. The van der Waals surface area contributed by atoms with E-state index in [0.717, 1.165) is 31.9 Å². The summed E-state index contributed by atoms with van der Waals surface area (Å²) in [5, 5.41) is 6.71. The molecule has 60 valence electrons. The summed E-state index contributed by atoms with van der Waals surface area (Å²) in [7, 11) is 0. The van der Waals surface area contributed by atoms with E-state index in [1.54, 1.807) is 6.33 Å². The second-order valence-electron chi connectivity index (χ2n) is 2.76. The molecule has 11 heavy (non-hydrogen) atoms. The minimum Gasteiger partial charge on any atom is -0.381 e. The van der Waals surface area contributed by atoms with Crippen molar-refractivity contribution in [1.82, 2.24) is 15.2 Å². The lowest BCUT2D eigenvalue weighted by Gasteiger charge is -2.19. The molecule has 1 saturated heterocycles. The molecule has 0 aliphatic carbocycles. The zero-order valence-electron chi connectivity index (χ0n) is 6.29. The van der Waals surface area contributed by atoms with Crippen molar-refractivity contribution in [3.63, 3.8) is 0 Å². The predicted octanol–water partition coefficient (Wildman–Crippen LogP) is 0.699. The first-order chi connectivity index (χ1) is 5.47. The van der Waals surface area contributed by atoms with Gasteiger partial charge in [-0.3, -0.25) is 5.10 Å². The predicted molar refractivity (Wildman–Crippen MR) is 39.2 cm³/mol. The minimum atomic E-state index is 0.534. The zero-order chi connectivity index (χ0) is 7.52. The fourth-order valence-corrected chi connectivity index (χ4v) is 1.38. The highest BCUT2D eigenvalue weighted by Gasteiger charge is 2.17. The molecule has 0 radical (unpaired) electrons. The fourth-order valence-electron chi connectivity index (χ4n) is 1.38. The van der Waals surface area contributed by atoms with Crippen LogP contribution < -0.4 is 0 Å². The van der Waals surface area contributed by atoms with Gasteiger partial charge in [-0.25, -0.2) is 4.98 Å². The van der Waals surface area contributed by atoms with Gasteiger partial charge in [0.2, 0.25) is 0 Å². The van der Waals surface area contributed by atoms with Gasteiger partial charge in [0.05, 0.1) is 0 Å². The van der Waals surface area contributed by atoms with Gasteiger partial charge in [0.15, 0.2) is 0 Å². The van der Waals surface area contributed by atoms with Crippen molar-refractivity contribution < 1.29 is 4.74 Å². The van der Waals surface area contributed by atoms with Crippen molar-refractivity contribution in [2.45, 2.75) is 18.8 Å². The van der Waals surface area contributed by atoms with Crippen LogP contribution in [-0.2, 0) is 4.74 Å². The summed E-state index contributed by atoms with van der Waals surface area (Å²) in [6.45, 7) is 1.71. The summed E-state index contributed by atoms with van der Waals surface area (Å²) in [6, 6.07) is 0. The van der Waals surface area contributed by atoms with Gasteiger partial charge in [0.1, 0.15) is 12.2 Å². The summed E-state index contributed by atoms with van der Waals surface area (Å²) in [6.07, 6.45) is 3.69. The number of rotatable bonds is 1. The van der Waals surface area contributed by atoms with Crippen molar-refractivity contribution >= 4 is 0 Å². The molecule has 0 atom stereocenters. The summed E-state index contributed by atoms with van der Waals surface area (Å²) in [5.41, 5.74) is 0. The monoisotopic (exact) mass is 153 g/mol. The van der Waals surface area contributed by atoms with E-state index in [1.807, 2.05) is 0 Å². The van der Waals surface area contributed by atoms with E-state index in [0.29, 0.717) is 5.92 Å². The third-order valence-corrected chi connectivity index (χ3v) is 2.04. The van der Waals surface area contributed by atoms with Crippen LogP contribution in [0.5, 0.6) is 0 Å². The molecule has 0 amide bonds. The van der Waals surface area contributed by atoms with Gasteiger partial charge in [-0.05, 0) is 12.8 Å². The maximum absolute atomic E-state index is 5.24. The molecule has 4 heteroatoms. The number of ether oxygens (including phenoxy) is 1. The Bertz CT molecular complexity index is 203. The number of hydrogen-bond acceptors (Lipinski definition) is 3. The average molecular weight is 153 g/mol.